The minimum atomic E-state index is -0.524. The van der Waals surface area contributed by atoms with Gasteiger partial charge in [0.15, 0.2) is 17.5 Å². The van der Waals surface area contributed by atoms with Crippen LogP contribution in [0.4, 0.5) is 0 Å². The van der Waals surface area contributed by atoms with Gasteiger partial charge in [-0.1, -0.05) is 182 Å². The van der Waals surface area contributed by atoms with E-state index in [1.54, 1.807) is 0 Å². The number of pyridine rings is 1. The summed E-state index contributed by atoms with van der Waals surface area (Å²) in [6, 6.07) is 70.5. The smallest absolute Gasteiger partial charge is 0.164 e. The summed E-state index contributed by atoms with van der Waals surface area (Å²) in [5.74, 6) is 1.89. The number of hydrogen-bond acceptors (Lipinski definition) is 4. The van der Waals surface area contributed by atoms with E-state index in [2.05, 4.69) is 170 Å². The van der Waals surface area contributed by atoms with Crippen LogP contribution in [-0.2, 0) is 5.41 Å². The third-order valence-electron chi connectivity index (χ3n) is 11.4. The second-order valence-corrected chi connectivity index (χ2v) is 14.7. The van der Waals surface area contributed by atoms with Crippen molar-refractivity contribution in [3.63, 3.8) is 0 Å². The topological polar surface area (TPSA) is 56.0 Å². The Hall–Kier alpha value is -7.76. The molecule has 0 unspecified atom stereocenters. The summed E-state index contributed by atoms with van der Waals surface area (Å²) < 4.78 is 2.05. The van der Waals surface area contributed by atoms with E-state index in [1.807, 2.05) is 47.0 Å². The average Bonchev–Trinajstić information content (AvgIpc) is 3.88. The fourth-order valence-electron chi connectivity index (χ4n) is 8.65. The largest absolute Gasteiger partial charge is 0.306 e. The summed E-state index contributed by atoms with van der Waals surface area (Å²) in [5, 5.41) is 0. The van der Waals surface area contributed by atoms with Gasteiger partial charge in [0.05, 0.1) is 11.1 Å². The van der Waals surface area contributed by atoms with Gasteiger partial charge in [-0.2, -0.15) is 0 Å². The molecule has 0 radical (unpaired) electrons. The lowest BCUT2D eigenvalue weighted by Crippen LogP contribution is -2.28. The monoisotopic (exact) mass is 741 g/mol. The van der Waals surface area contributed by atoms with E-state index in [4.69, 9.17) is 19.9 Å². The van der Waals surface area contributed by atoms with E-state index in [-0.39, 0.29) is 0 Å². The molecule has 11 rings (SSSR count). The molecular formula is C53H35N5. The molecule has 0 fully saturated rings. The molecule has 10 aromatic rings. The third kappa shape index (κ3) is 5.55. The number of imidazole rings is 1. The molecule has 58 heavy (non-hydrogen) atoms. The first kappa shape index (κ1) is 33.6. The van der Waals surface area contributed by atoms with Gasteiger partial charge in [-0.25, -0.2) is 19.9 Å². The summed E-state index contributed by atoms with van der Waals surface area (Å²) in [4.78, 5) is 20.2. The van der Waals surface area contributed by atoms with E-state index in [0.29, 0.717) is 17.5 Å². The molecule has 5 nitrogen and oxygen atoms in total. The zero-order valence-corrected chi connectivity index (χ0v) is 31.4. The predicted octanol–water partition coefficient (Wildman–Crippen LogP) is 12.2. The maximum absolute atomic E-state index is 5.20. The van der Waals surface area contributed by atoms with Crippen LogP contribution < -0.4 is 0 Å². The molecule has 272 valence electrons. The molecule has 5 heteroatoms. The van der Waals surface area contributed by atoms with Crippen LogP contribution >= 0.6 is 0 Å². The van der Waals surface area contributed by atoms with Crippen molar-refractivity contribution in [1.82, 2.24) is 24.3 Å². The van der Waals surface area contributed by atoms with E-state index in [1.165, 1.54) is 33.4 Å². The van der Waals surface area contributed by atoms with Crippen molar-refractivity contribution in [2.75, 3.05) is 0 Å². The molecule has 0 N–H and O–H groups in total. The van der Waals surface area contributed by atoms with E-state index in [0.717, 1.165) is 44.7 Å². The number of aromatic nitrogens is 5. The Morgan fingerprint density at radius 3 is 1.47 bits per heavy atom. The minimum absolute atomic E-state index is 0.524. The normalized spacial score (nSPS) is 12.6. The molecule has 1 aliphatic rings. The van der Waals surface area contributed by atoms with Crippen molar-refractivity contribution < 1.29 is 0 Å². The number of hydrogen-bond donors (Lipinski definition) is 0. The van der Waals surface area contributed by atoms with Gasteiger partial charge in [-0.05, 0) is 62.7 Å². The van der Waals surface area contributed by atoms with Crippen molar-refractivity contribution in [3.8, 4) is 67.7 Å². The summed E-state index contributed by atoms with van der Waals surface area (Å²) in [7, 11) is 0. The minimum Gasteiger partial charge on any atom is -0.306 e. The highest BCUT2D eigenvalue weighted by molar-refractivity contribution is 5.88. The SMILES string of the molecule is c1ccc(-c2nc(-c3ccc(-c4ccc(-c5cn6ccccc6n5)cc4)cc3)nc(-c3ccc4c(c3)C(c3ccccc3)(c3ccccc3)c3ccccc3-4)n2)cc1. The summed E-state index contributed by atoms with van der Waals surface area (Å²) in [5.41, 5.74) is 14.8. The lowest BCUT2D eigenvalue weighted by molar-refractivity contribution is 0.768. The van der Waals surface area contributed by atoms with E-state index in [9.17, 15) is 0 Å². The van der Waals surface area contributed by atoms with Crippen LogP contribution in [0, 0.1) is 0 Å². The van der Waals surface area contributed by atoms with Crippen molar-refractivity contribution in [1.29, 1.82) is 0 Å². The Morgan fingerprint density at radius 1 is 0.345 bits per heavy atom. The fraction of sp³-hybridized carbons (Fsp3) is 0.0189. The molecule has 1 aliphatic carbocycles. The molecule has 0 atom stereocenters. The first-order valence-electron chi connectivity index (χ1n) is 19.5. The van der Waals surface area contributed by atoms with Crippen LogP contribution in [0.25, 0.3) is 73.3 Å². The first-order valence-corrected chi connectivity index (χ1v) is 19.5. The molecule has 0 aliphatic heterocycles. The Balaban J connectivity index is 1.01. The molecule has 0 saturated heterocycles. The highest BCUT2D eigenvalue weighted by atomic mass is 15.0. The van der Waals surface area contributed by atoms with Crippen LogP contribution in [-0.4, -0.2) is 24.3 Å². The van der Waals surface area contributed by atoms with Crippen molar-refractivity contribution in [3.05, 3.63) is 235 Å². The predicted molar refractivity (Wildman–Crippen MR) is 233 cm³/mol. The van der Waals surface area contributed by atoms with Crippen molar-refractivity contribution in [2.24, 2.45) is 0 Å². The highest BCUT2D eigenvalue weighted by Crippen LogP contribution is 2.56. The van der Waals surface area contributed by atoms with Crippen molar-refractivity contribution >= 4 is 5.65 Å². The summed E-state index contributed by atoms with van der Waals surface area (Å²) >= 11 is 0. The lowest BCUT2D eigenvalue weighted by atomic mass is 9.67. The number of benzene rings is 7. The maximum atomic E-state index is 5.20. The average molecular weight is 742 g/mol. The van der Waals surface area contributed by atoms with E-state index >= 15 is 0 Å². The number of rotatable bonds is 7. The summed E-state index contributed by atoms with van der Waals surface area (Å²) in [6.07, 6.45) is 4.09. The fourth-order valence-corrected chi connectivity index (χ4v) is 8.65. The van der Waals surface area contributed by atoms with Crippen LogP contribution in [0.3, 0.4) is 0 Å². The Labute approximate surface area is 336 Å². The molecule has 0 bridgehead atoms. The molecule has 0 spiro atoms. The molecule has 7 aromatic carbocycles. The van der Waals surface area contributed by atoms with Gasteiger partial charge in [0.1, 0.15) is 5.65 Å². The zero-order valence-electron chi connectivity index (χ0n) is 31.4. The Morgan fingerprint density at radius 2 is 0.828 bits per heavy atom. The quantitative estimate of drug-likeness (QED) is 0.163. The Bertz CT molecular complexity index is 3010. The van der Waals surface area contributed by atoms with Gasteiger partial charge >= 0.3 is 0 Å². The standard InChI is InChI=1S/C53H35N5/c1-4-14-39(15-5-1)50-55-51(40-29-25-37(26-30-40)36-23-27-38(28-24-36)48-35-58-33-13-12-22-49(58)54-48)57-52(56-50)41-31-32-45-44-20-10-11-21-46(44)53(47(45)34-41,42-16-6-2-7-17-42)43-18-8-3-9-19-43/h1-35H. The van der Waals surface area contributed by atoms with Crippen LogP contribution in [0.5, 0.6) is 0 Å². The van der Waals surface area contributed by atoms with Crippen LogP contribution in [0.1, 0.15) is 22.3 Å². The second kappa shape index (κ2) is 13.8. The van der Waals surface area contributed by atoms with Gasteiger partial charge < -0.3 is 4.40 Å². The highest BCUT2D eigenvalue weighted by Gasteiger charge is 2.46. The zero-order chi connectivity index (χ0) is 38.5. The third-order valence-corrected chi connectivity index (χ3v) is 11.4. The second-order valence-electron chi connectivity index (χ2n) is 14.7. The molecule has 0 saturated carbocycles. The van der Waals surface area contributed by atoms with Gasteiger partial charge in [-0.15, -0.1) is 0 Å². The lowest BCUT2D eigenvalue weighted by Gasteiger charge is -2.34. The molecule has 3 heterocycles. The molecular weight excluding hydrogens is 707 g/mol. The van der Waals surface area contributed by atoms with Gasteiger partial charge in [-0.3, -0.25) is 0 Å². The first-order chi connectivity index (χ1) is 28.7. The van der Waals surface area contributed by atoms with Crippen LogP contribution in [0.15, 0.2) is 213 Å². The van der Waals surface area contributed by atoms with E-state index < -0.39 is 5.41 Å². The van der Waals surface area contributed by atoms with Gasteiger partial charge in [0, 0.05) is 34.6 Å². The number of fused-ring (bicyclic) bond motifs is 4. The Kier molecular flexibility index (Phi) is 7.97. The maximum Gasteiger partial charge on any atom is 0.164 e. The molecule has 0 amide bonds. The van der Waals surface area contributed by atoms with Gasteiger partial charge in [0.25, 0.3) is 0 Å². The van der Waals surface area contributed by atoms with Crippen LogP contribution in [0.2, 0.25) is 0 Å². The summed E-state index contributed by atoms with van der Waals surface area (Å²) in [6.45, 7) is 0. The molecule has 3 aromatic heterocycles. The van der Waals surface area contributed by atoms with Crippen molar-refractivity contribution in [2.45, 2.75) is 5.41 Å². The number of nitrogens with zero attached hydrogens (tertiary/aromatic N) is 5. The van der Waals surface area contributed by atoms with Gasteiger partial charge in [0.2, 0.25) is 0 Å².